The number of nitrogens with one attached hydrogen (secondary N) is 1. The topological polar surface area (TPSA) is 84.2 Å². The van der Waals surface area contributed by atoms with Crippen LogP contribution in [0, 0.1) is 27.7 Å². The van der Waals surface area contributed by atoms with Gasteiger partial charge in [-0.2, -0.15) is 5.10 Å². The van der Waals surface area contributed by atoms with Crippen molar-refractivity contribution in [2.75, 3.05) is 0 Å². The second-order valence-electron chi connectivity index (χ2n) is 6.08. The zero-order valence-corrected chi connectivity index (χ0v) is 14.7. The fourth-order valence-corrected chi connectivity index (χ4v) is 2.80. The summed E-state index contributed by atoms with van der Waals surface area (Å²) in [6, 6.07) is 4.40. The van der Waals surface area contributed by atoms with Gasteiger partial charge in [-0.3, -0.25) is 9.48 Å². The van der Waals surface area contributed by atoms with Gasteiger partial charge in [0.05, 0.1) is 12.1 Å². The molecule has 6 nitrogen and oxygen atoms in total. The number of rotatable bonds is 5. The van der Waals surface area contributed by atoms with E-state index in [9.17, 15) is 14.7 Å². The van der Waals surface area contributed by atoms with Crippen molar-refractivity contribution >= 4 is 11.9 Å². The predicted molar refractivity (Wildman–Crippen MR) is 90.8 cm³/mol. The van der Waals surface area contributed by atoms with Crippen LogP contribution in [0.1, 0.15) is 39.7 Å². The van der Waals surface area contributed by atoms with Crippen molar-refractivity contribution in [2.24, 2.45) is 7.05 Å². The molecule has 0 aliphatic rings. The maximum atomic E-state index is 12.4. The molecule has 0 aliphatic heterocycles. The summed E-state index contributed by atoms with van der Waals surface area (Å²) < 4.78 is 1.72. The first-order valence-electron chi connectivity index (χ1n) is 7.79. The molecule has 2 N–H and O–H groups in total. The molecule has 0 fully saturated rings. The van der Waals surface area contributed by atoms with Crippen molar-refractivity contribution in [3.63, 3.8) is 0 Å². The van der Waals surface area contributed by atoms with Gasteiger partial charge in [0.25, 0.3) is 0 Å². The van der Waals surface area contributed by atoms with E-state index in [2.05, 4.69) is 10.4 Å². The second-order valence-corrected chi connectivity index (χ2v) is 6.08. The van der Waals surface area contributed by atoms with Crippen LogP contribution in [0.2, 0.25) is 0 Å². The SMILES string of the molecule is Cc1cccc(C(NC(=O)Cc2c(C)nn(C)c2C)C(=O)O)c1C. The number of aromatic nitrogens is 2. The van der Waals surface area contributed by atoms with Gasteiger partial charge in [-0.15, -0.1) is 0 Å². The number of nitrogens with zero attached hydrogens (tertiary/aromatic N) is 2. The van der Waals surface area contributed by atoms with Crippen molar-refractivity contribution in [3.05, 3.63) is 51.8 Å². The smallest absolute Gasteiger partial charge is 0.330 e. The molecule has 1 aromatic heterocycles. The molecule has 0 bridgehead atoms. The summed E-state index contributed by atoms with van der Waals surface area (Å²) in [7, 11) is 1.82. The molecular formula is C18H23N3O3. The molecule has 24 heavy (non-hydrogen) atoms. The summed E-state index contributed by atoms with van der Waals surface area (Å²) in [5.41, 5.74) is 4.99. The number of hydrogen-bond acceptors (Lipinski definition) is 3. The number of aliphatic carboxylic acids is 1. The van der Waals surface area contributed by atoms with Crippen LogP contribution in [-0.2, 0) is 23.1 Å². The van der Waals surface area contributed by atoms with E-state index in [1.807, 2.05) is 40.8 Å². The molecule has 2 rings (SSSR count). The molecule has 0 spiro atoms. The number of hydrogen-bond donors (Lipinski definition) is 2. The number of benzene rings is 1. The highest BCUT2D eigenvalue weighted by Crippen LogP contribution is 2.21. The van der Waals surface area contributed by atoms with Crippen LogP contribution in [0.5, 0.6) is 0 Å². The van der Waals surface area contributed by atoms with Crippen LogP contribution >= 0.6 is 0 Å². The van der Waals surface area contributed by atoms with Crippen molar-refractivity contribution in [1.82, 2.24) is 15.1 Å². The third-order valence-corrected chi connectivity index (χ3v) is 4.51. The van der Waals surface area contributed by atoms with Gasteiger partial charge in [0.2, 0.25) is 5.91 Å². The van der Waals surface area contributed by atoms with Crippen LogP contribution in [-0.4, -0.2) is 26.8 Å². The molecule has 0 radical (unpaired) electrons. The molecule has 1 atom stereocenters. The monoisotopic (exact) mass is 329 g/mol. The molecule has 1 heterocycles. The Balaban J connectivity index is 2.23. The van der Waals surface area contributed by atoms with E-state index < -0.39 is 12.0 Å². The largest absolute Gasteiger partial charge is 0.479 e. The molecule has 0 saturated heterocycles. The molecule has 2 aromatic rings. The fraction of sp³-hybridized carbons (Fsp3) is 0.389. The van der Waals surface area contributed by atoms with E-state index in [0.29, 0.717) is 5.56 Å². The van der Waals surface area contributed by atoms with Gasteiger partial charge >= 0.3 is 5.97 Å². The Morgan fingerprint density at radius 2 is 1.92 bits per heavy atom. The molecule has 1 unspecified atom stereocenters. The van der Waals surface area contributed by atoms with Gasteiger partial charge in [-0.25, -0.2) is 4.79 Å². The summed E-state index contributed by atoms with van der Waals surface area (Å²) in [5, 5.41) is 16.5. The van der Waals surface area contributed by atoms with Crippen molar-refractivity contribution < 1.29 is 14.7 Å². The lowest BCUT2D eigenvalue weighted by molar-refractivity contribution is -0.142. The second kappa shape index (κ2) is 6.86. The Labute approximate surface area is 141 Å². The zero-order valence-electron chi connectivity index (χ0n) is 14.7. The lowest BCUT2D eigenvalue weighted by Crippen LogP contribution is -2.35. The first kappa shape index (κ1) is 17.7. The van der Waals surface area contributed by atoms with Crippen LogP contribution < -0.4 is 5.32 Å². The van der Waals surface area contributed by atoms with E-state index in [-0.39, 0.29) is 12.3 Å². The Morgan fingerprint density at radius 1 is 1.25 bits per heavy atom. The van der Waals surface area contributed by atoms with E-state index in [4.69, 9.17) is 0 Å². The van der Waals surface area contributed by atoms with E-state index in [0.717, 1.165) is 28.1 Å². The highest BCUT2D eigenvalue weighted by Gasteiger charge is 2.25. The molecule has 1 amide bonds. The summed E-state index contributed by atoms with van der Waals surface area (Å²) in [5.74, 6) is -1.40. The van der Waals surface area contributed by atoms with Crippen LogP contribution in [0.3, 0.4) is 0 Å². The van der Waals surface area contributed by atoms with Gasteiger partial charge in [0.1, 0.15) is 0 Å². The van der Waals surface area contributed by atoms with Crippen molar-refractivity contribution in [1.29, 1.82) is 0 Å². The van der Waals surface area contributed by atoms with Gasteiger partial charge in [-0.05, 0) is 44.4 Å². The van der Waals surface area contributed by atoms with Gasteiger partial charge in [-0.1, -0.05) is 18.2 Å². The van der Waals surface area contributed by atoms with Crippen molar-refractivity contribution in [3.8, 4) is 0 Å². The van der Waals surface area contributed by atoms with E-state index in [1.165, 1.54) is 0 Å². The number of aryl methyl sites for hydroxylation is 3. The molecule has 1 aromatic carbocycles. The average molecular weight is 329 g/mol. The lowest BCUT2D eigenvalue weighted by Gasteiger charge is -2.18. The van der Waals surface area contributed by atoms with E-state index >= 15 is 0 Å². The lowest BCUT2D eigenvalue weighted by atomic mass is 9.97. The number of carboxylic acid groups (broad SMARTS) is 1. The molecule has 0 aliphatic carbocycles. The average Bonchev–Trinajstić information content (AvgIpc) is 2.74. The Kier molecular flexibility index (Phi) is 5.07. The minimum absolute atomic E-state index is 0.111. The van der Waals surface area contributed by atoms with Crippen molar-refractivity contribution in [2.45, 2.75) is 40.2 Å². The number of carbonyl (C=O) groups is 2. The van der Waals surface area contributed by atoms with Gasteiger partial charge in [0.15, 0.2) is 6.04 Å². The Bertz CT molecular complexity index is 793. The standard InChI is InChI=1S/C18H23N3O3/c1-10-7-6-8-14(11(10)2)17(18(23)24)19-16(22)9-15-12(3)20-21(5)13(15)4/h6-8,17H,9H2,1-5H3,(H,19,22)(H,23,24). The maximum Gasteiger partial charge on any atom is 0.330 e. The zero-order chi connectivity index (χ0) is 18.0. The number of carbonyl (C=O) groups excluding carboxylic acids is 1. The summed E-state index contributed by atoms with van der Waals surface area (Å²) in [6.07, 6.45) is 0.111. The highest BCUT2D eigenvalue weighted by atomic mass is 16.4. The summed E-state index contributed by atoms with van der Waals surface area (Å²) >= 11 is 0. The highest BCUT2D eigenvalue weighted by molar-refractivity contribution is 5.86. The third kappa shape index (κ3) is 3.48. The van der Waals surface area contributed by atoms with Crippen LogP contribution in [0.15, 0.2) is 18.2 Å². The normalized spacial score (nSPS) is 12.0. The first-order valence-corrected chi connectivity index (χ1v) is 7.79. The summed E-state index contributed by atoms with van der Waals surface area (Å²) in [6.45, 7) is 7.51. The quantitative estimate of drug-likeness (QED) is 0.880. The third-order valence-electron chi connectivity index (χ3n) is 4.51. The first-order chi connectivity index (χ1) is 11.2. The Hall–Kier alpha value is -2.63. The summed E-state index contributed by atoms with van der Waals surface area (Å²) in [4.78, 5) is 24.1. The minimum Gasteiger partial charge on any atom is -0.479 e. The molecule has 0 saturated carbocycles. The minimum atomic E-state index is -1.07. The molecule has 128 valence electrons. The number of amides is 1. The predicted octanol–water partition coefficient (Wildman–Crippen LogP) is 2.14. The fourth-order valence-electron chi connectivity index (χ4n) is 2.80. The van der Waals surface area contributed by atoms with Gasteiger partial charge < -0.3 is 10.4 Å². The maximum absolute atomic E-state index is 12.4. The van der Waals surface area contributed by atoms with Crippen LogP contribution in [0.4, 0.5) is 0 Å². The Morgan fingerprint density at radius 3 is 2.46 bits per heavy atom. The molecule has 6 heteroatoms. The van der Waals surface area contributed by atoms with Gasteiger partial charge in [0, 0.05) is 18.3 Å². The van der Waals surface area contributed by atoms with Crippen LogP contribution in [0.25, 0.3) is 0 Å². The number of carboxylic acids is 1. The van der Waals surface area contributed by atoms with E-state index in [1.54, 1.807) is 16.8 Å². The molecular weight excluding hydrogens is 306 g/mol.